The molecule has 1 aromatic rings. The van der Waals surface area contributed by atoms with E-state index in [1.165, 1.54) is 11.6 Å². The fourth-order valence-corrected chi connectivity index (χ4v) is 2.51. The maximum Gasteiger partial charge on any atom is 0.142 e. The number of rotatable bonds is 4. The molecule has 22 heavy (non-hydrogen) atoms. The molecule has 5 heteroatoms. The number of aromatic hydroxyl groups is 2. The van der Waals surface area contributed by atoms with Crippen LogP contribution >= 0.6 is 0 Å². The highest BCUT2D eigenvalue weighted by atomic mass is 16.3. The van der Waals surface area contributed by atoms with Crippen molar-refractivity contribution in [2.24, 2.45) is 0 Å². The van der Waals surface area contributed by atoms with Gasteiger partial charge in [-0.05, 0) is 45.4 Å². The van der Waals surface area contributed by atoms with Gasteiger partial charge in [0.1, 0.15) is 11.5 Å². The summed E-state index contributed by atoms with van der Waals surface area (Å²) in [6.07, 6.45) is 1.97. The molecule has 0 unspecified atom stereocenters. The lowest BCUT2D eigenvalue weighted by Crippen LogP contribution is -2.51. The van der Waals surface area contributed by atoms with Crippen molar-refractivity contribution in [2.75, 3.05) is 25.1 Å². The average molecular weight is 305 g/mol. The number of anilines is 1. The Balaban J connectivity index is 2.11. The van der Waals surface area contributed by atoms with Gasteiger partial charge in [0, 0.05) is 37.4 Å². The highest BCUT2D eigenvalue weighted by Crippen LogP contribution is 2.27. The third-order valence-electron chi connectivity index (χ3n) is 4.05. The van der Waals surface area contributed by atoms with E-state index in [0.29, 0.717) is 17.8 Å². The Morgan fingerprint density at radius 3 is 2.14 bits per heavy atom. The molecule has 5 nitrogen and oxygen atoms in total. The van der Waals surface area contributed by atoms with Crippen LogP contribution in [0.5, 0.6) is 11.5 Å². The van der Waals surface area contributed by atoms with E-state index in [-0.39, 0.29) is 11.5 Å². The van der Waals surface area contributed by atoms with Crippen LogP contribution in [0, 0.1) is 0 Å². The lowest BCUT2D eigenvalue weighted by atomic mass is 10.1. The molecule has 3 N–H and O–H groups in total. The van der Waals surface area contributed by atoms with Crippen LogP contribution in [-0.4, -0.2) is 51.9 Å². The van der Waals surface area contributed by atoms with E-state index in [4.69, 9.17) is 0 Å². The summed E-state index contributed by atoms with van der Waals surface area (Å²) in [5, 5.41) is 22.3. The average Bonchev–Trinajstić information content (AvgIpc) is 2.46. The fourth-order valence-electron chi connectivity index (χ4n) is 2.51. The van der Waals surface area contributed by atoms with Crippen LogP contribution < -0.4 is 5.32 Å². The third-order valence-corrected chi connectivity index (χ3v) is 4.05. The van der Waals surface area contributed by atoms with Crippen molar-refractivity contribution in [1.82, 2.24) is 9.80 Å². The van der Waals surface area contributed by atoms with E-state index >= 15 is 0 Å². The molecule has 1 saturated heterocycles. The molecule has 1 fully saturated rings. The van der Waals surface area contributed by atoms with E-state index in [1.54, 1.807) is 12.1 Å². The number of nitrogens with one attached hydrogen (secondary N) is 1. The van der Waals surface area contributed by atoms with Crippen molar-refractivity contribution >= 4 is 5.69 Å². The smallest absolute Gasteiger partial charge is 0.142 e. The summed E-state index contributed by atoms with van der Waals surface area (Å²) < 4.78 is 0. The van der Waals surface area contributed by atoms with Crippen LogP contribution in [0.3, 0.4) is 0 Å². The Morgan fingerprint density at radius 1 is 1.05 bits per heavy atom. The van der Waals surface area contributed by atoms with E-state index in [1.807, 2.05) is 6.20 Å². The Kier molecular flexibility index (Phi) is 5.32. The highest BCUT2D eigenvalue weighted by Gasteiger charge is 2.24. The van der Waals surface area contributed by atoms with Crippen LogP contribution in [0.2, 0.25) is 0 Å². The molecule has 2 rings (SSSR count). The second kappa shape index (κ2) is 7.03. The van der Waals surface area contributed by atoms with Gasteiger partial charge >= 0.3 is 0 Å². The molecular weight excluding hydrogens is 278 g/mol. The van der Waals surface area contributed by atoms with E-state index in [9.17, 15) is 10.2 Å². The number of phenolic OH excluding ortho intramolecular Hbond substituents is 2. The quantitative estimate of drug-likeness (QED) is 0.590. The Hall–Kier alpha value is -1.72. The first-order valence-electron chi connectivity index (χ1n) is 7.81. The van der Waals surface area contributed by atoms with Gasteiger partial charge in [-0.25, -0.2) is 0 Å². The molecule has 122 valence electrons. The van der Waals surface area contributed by atoms with Crippen LogP contribution in [0.4, 0.5) is 5.69 Å². The second-order valence-corrected chi connectivity index (χ2v) is 6.47. The van der Waals surface area contributed by atoms with Crippen molar-refractivity contribution in [3.8, 4) is 11.5 Å². The molecule has 0 saturated carbocycles. The first-order valence-corrected chi connectivity index (χ1v) is 7.81. The molecule has 0 amide bonds. The summed E-state index contributed by atoms with van der Waals surface area (Å²) in [5.74, 6) is 0.111. The number of phenols is 2. The minimum Gasteiger partial charge on any atom is -0.508 e. The van der Waals surface area contributed by atoms with E-state index < -0.39 is 0 Å². The van der Waals surface area contributed by atoms with Gasteiger partial charge in [0.15, 0.2) is 0 Å². The summed E-state index contributed by atoms with van der Waals surface area (Å²) in [4.78, 5) is 4.85. The summed E-state index contributed by atoms with van der Waals surface area (Å²) in [7, 11) is 0. The minimum atomic E-state index is 0.0501. The van der Waals surface area contributed by atoms with Crippen molar-refractivity contribution in [2.45, 2.75) is 39.8 Å². The number of nitrogens with zero attached hydrogens (tertiary/aromatic N) is 2. The van der Waals surface area contributed by atoms with Gasteiger partial charge in [0.05, 0.1) is 12.4 Å². The highest BCUT2D eigenvalue weighted by molar-refractivity contribution is 5.59. The Bertz CT molecular complexity index is 523. The summed E-state index contributed by atoms with van der Waals surface area (Å²) in [6, 6.07) is 5.55. The SMILES string of the molecule is CC(C)N1CC(=CNc2ccc(O)cc2O)CN(C(C)C)C1. The third kappa shape index (κ3) is 4.15. The summed E-state index contributed by atoms with van der Waals surface area (Å²) >= 11 is 0. The summed E-state index contributed by atoms with van der Waals surface area (Å²) in [6.45, 7) is 11.7. The standard InChI is InChI=1S/C17H27N3O2/c1-12(2)19-9-14(10-20(11-19)13(3)4)8-18-16-6-5-15(21)7-17(16)22/h5-8,12-13,18,21-22H,9-11H2,1-4H3. The molecule has 1 heterocycles. The molecule has 1 aliphatic rings. The maximum atomic E-state index is 9.83. The largest absolute Gasteiger partial charge is 0.508 e. The number of benzene rings is 1. The normalized spacial score (nSPS) is 17.3. The molecule has 1 aliphatic heterocycles. The van der Waals surface area contributed by atoms with Gasteiger partial charge in [-0.15, -0.1) is 0 Å². The zero-order chi connectivity index (χ0) is 16.3. The first-order chi connectivity index (χ1) is 10.4. The second-order valence-electron chi connectivity index (χ2n) is 6.47. The fraction of sp³-hybridized carbons (Fsp3) is 0.529. The Morgan fingerprint density at radius 2 is 1.64 bits per heavy atom. The van der Waals surface area contributed by atoms with Crippen LogP contribution in [0.15, 0.2) is 30.0 Å². The molecule has 0 spiro atoms. The lowest BCUT2D eigenvalue weighted by molar-refractivity contribution is 0.0699. The zero-order valence-electron chi connectivity index (χ0n) is 13.9. The van der Waals surface area contributed by atoms with Crippen LogP contribution in [-0.2, 0) is 0 Å². The van der Waals surface area contributed by atoms with Gasteiger partial charge in [-0.3, -0.25) is 9.80 Å². The maximum absolute atomic E-state index is 9.83. The number of hydrogen-bond donors (Lipinski definition) is 3. The van der Waals surface area contributed by atoms with Crippen molar-refractivity contribution in [3.63, 3.8) is 0 Å². The molecule has 0 bridgehead atoms. The number of hydrogen-bond acceptors (Lipinski definition) is 5. The van der Waals surface area contributed by atoms with Gasteiger partial charge in [-0.1, -0.05) is 0 Å². The molecule has 0 atom stereocenters. The summed E-state index contributed by atoms with van der Waals surface area (Å²) in [5.41, 5.74) is 1.88. The lowest BCUT2D eigenvalue weighted by Gasteiger charge is -2.41. The van der Waals surface area contributed by atoms with Crippen LogP contribution in [0.25, 0.3) is 0 Å². The van der Waals surface area contributed by atoms with Crippen molar-refractivity contribution in [3.05, 3.63) is 30.0 Å². The minimum absolute atomic E-state index is 0.0501. The predicted octanol–water partition coefficient (Wildman–Crippen LogP) is 2.79. The zero-order valence-corrected chi connectivity index (χ0v) is 13.9. The van der Waals surface area contributed by atoms with Gasteiger partial charge < -0.3 is 15.5 Å². The molecule has 0 aliphatic carbocycles. The van der Waals surface area contributed by atoms with Crippen LogP contribution in [0.1, 0.15) is 27.7 Å². The van der Waals surface area contributed by atoms with Gasteiger partial charge in [0.2, 0.25) is 0 Å². The monoisotopic (exact) mass is 305 g/mol. The molecule has 1 aromatic carbocycles. The van der Waals surface area contributed by atoms with Gasteiger partial charge in [-0.2, -0.15) is 0 Å². The molecular formula is C17H27N3O2. The van der Waals surface area contributed by atoms with E-state index in [0.717, 1.165) is 19.8 Å². The van der Waals surface area contributed by atoms with E-state index in [2.05, 4.69) is 42.8 Å². The molecule has 0 aromatic heterocycles. The molecule has 0 radical (unpaired) electrons. The van der Waals surface area contributed by atoms with Crippen molar-refractivity contribution < 1.29 is 10.2 Å². The topological polar surface area (TPSA) is 59.0 Å². The Labute approximate surface area is 132 Å². The first kappa shape index (κ1) is 16.6. The predicted molar refractivity (Wildman–Crippen MR) is 90.0 cm³/mol. The van der Waals surface area contributed by atoms with Gasteiger partial charge in [0.25, 0.3) is 0 Å². The van der Waals surface area contributed by atoms with Crippen molar-refractivity contribution in [1.29, 1.82) is 0 Å².